The molecule has 0 aromatic carbocycles. The van der Waals surface area contributed by atoms with E-state index in [9.17, 15) is 9.90 Å². The number of aromatic nitrogens is 2. The number of nitrogens with zero attached hydrogens (tertiary/aromatic N) is 3. The molecule has 0 saturated heterocycles. The molecule has 0 aliphatic heterocycles. The first-order valence-electron chi connectivity index (χ1n) is 7.76. The molecule has 0 aliphatic rings. The molecule has 0 radical (unpaired) electrons. The minimum atomic E-state index is -0.409. The Hall–Kier alpha value is -1.47. The van der Waals surface area contributed by atoms with Gasteiger partial charge in [-0.05, 0) is 38.7 Å². The zero-order chi connectivity index (χ0) is 16.7. The number of hydrogen-bond donors (Lipinski definition) is 2. The minimum Gasteiger partial charge on any atom is -0.494 e. The molecule has 6 nitrogen and oxygen atoms in total. The van der Waals surface area contributed by atoms with Crippen LogP contribution in [-0.4, -0.2) is 52.0 Å². The Bertz CT molecular complexity index is 617. The van der Waals surface area contributed by atoms with Gasteiger partial charge in [0.1, 0.15) is 5.56 Å². The highest BCUT2D eigenvalue weighted by molar-refractivity contribution is 7.71. The highest BCUT2D eigenvalue weighted by Gasteiger charge is 2.14. The molecule has 2 N–H and O–H groups in total. The van der Waals surface area contributed by atoms with Crippen molar-refractivity contribution in [2.45, 2.75) is 40.2 Å². The second-order valence-electron chi connectivity index (χ2n) is 5.19. The summed E-state index contributed by atoms with van der Waals surface area (Å²) in [6, 6.07) is 0.00664. The van der Waals surface area contributed by atoms with Gasteiger partial charge in [0.05, 0.1) is 6.54 Å². The average molecular weight is 326 g/mol. The van der Waals surface area contributed by atoms with Crippen LogP contribution >= 0.6 is 12.2 Å². The standard InChI is InChI=1S/C15H26N4O2S/c1-5-11(4)19-14(21)12(13(20)17-15(19)22)10-16-8-9-18(6-2)7-3/h10-11,21H,5-9H2,1-4H3,(H,17,20,22). The number of nitrogens with one attached hydrogen (secondary N) is 1. The lowest BCUT2D eigenvalue weighted by Gasteiger charge is -2.17. The maximum Gasteiger partial charge on any atom is 0.264 e. The molecule has 0 fully saturated rings. The maximum atomic E-state index is 12.0. The van der Waals surface area contributed by atoms with Gasteiger partial charge in [-0.15, -0.1) is 0 Å². The van der Waals surface area contributed by atoms with Crippen LogP contribution in [0.15, 0.2) is 9.79 Å². The molecule has 1 heterocycles. The topological polar surface area (TPSA) is 73.6 Å². The van der Waals surface area contributed by atoms with E-state index >= 15 is 0 Å². The Morgan fingerprint density at radius 1 is 1.41 bits per heavy atom. The van der Waals surface area contributed by atoms with E-state index in [1.54, 1.807) is 4.57 Å². The van der Waals surface area contributed by atoms with E-state index in [-0.39, 0.29) is 22.3 Å². The smallest absolute Gasteiger partial charge is 0.264 e. The summed E-state index contributed by atoms with van der Waals surface area (Å²) >= 11 is 5.13. The number of hydrogen-bond acceptors (Lipinski definition) is 5. The van der Waals surface area contributed by atoms with Crippen molar-refractivity contribution in [3.8, 4) is 5.88 Å². The SMILES string of the molecule is CCC(C)n1c(O)c(C=NCCN(CC)CC)c(=O)[nH]c1=S. The van der Waals surface area contributed by atoms with E-state index in [4.69, 9.17) is 12.2 Å². The first-order chi connectivity index (χ1) is 10.5. The molecule has 22 heavy (non-hydrogen) atoms. The fraction of sp³-hybridized carbons (Fsp3) is 0.667. The van der Waals surface area contributed by atoms with E-state index in [0.29, 0.717) is 6.54 Å². The van der Waals surface area contributed by atoms with Crippen LogP contribution in [0.25, 0.3) is 0 Å². The Morgan fingerprint density at radius 3 is 2.59 bits per heavy atom. The second kappa shape index (κ2) is 8.85. The molecule has 124 valence electrons. The van der Waals surface area contributed by atoms with Crippen molar-refractivity contribution in [2.24, 2.45) is 4.99 Å². The molecule has 1 rings (SSSR count). The molecule has 1 aromatic heterocycles. The van der Waals surface area contributed by atoms with Gasteiger partial charge < -0.3 is 10.0 Å². The summed E-state index contributed by atoms with van der Waals surface area (Å²) in [7, 11) is 0. The summed E-state index contributed by atoms with van der Waals surface area (Å²) in [6.45, 7) is 11.5. The van der Waals surface area contributed by atoms with Crippen LogP contribution < -0.4 is 5.56 Å². The van der Waals surface area contributed by atoms with Gasteiger partial charge in [-0.1, -0.05) is 20.8 Å². The van der Waals surface area contributed by atoms with Gasteiger partial charge in [0, 0.05) is 18.8 Å². The van der Waals surface area contributed by atoms with Gasteiger partial charge in [-0.25, -0.2) is 0 Å². The monoisotopic (exact) mass is 326 g/mol. The molecule has 7 heteroatoms. The van der Waals surface area contributed by atoms with Crippen LogP contribution in [0, 0.1) is 4.77 Å². The number of aromatic amines is 1. The minimum absolute atomic E-state index is 0.00664. The number of likely N-dealkylation sites (N-methyl/N-ethyl adjacent to an activating group) is 1. The van der Waals surface area contributed by atoms with Crippen molar-refractivity contribution in [1.29, 1.82) is 0 Å². The molecule has 0 saturated carbocycles. The van der Waals surface area contributed by atoms with Gasteiger partial charge >= 0.3 is 0 Å². The number of H-pyrrole nitrogens is 1. The molecule has 0 aliphatic carbocycles. The van der Waals surface area contributed by atoms with Crippen LogP contribution in [0.2, 0.25) is 0 Å². The molecule has 1 aromatic rings. The fourth-order valence-corrected chi connectivity index (χ4v) is 2.51. The molecule has 0 amide bonds. The molecular formula is C15H26N4O2S. The van der Waals surface area contributed by atoms with Gasteiger partial charge in [-0.3, -0.25) is 19.3 Å². The third-order valence-electron chi connectivity index (χ3n) is 3.84. The van der Waals surface area contributed by atoms with Crippen LogP contribution in [0.4, 0.5) is 0 Å². The first-order valence-corrected chi connectivity index (χ1v) is 8.16. The third kappa shape index (κ3) is 4.51. The summed E-state index contributed by atoms with van der Waals surface area (Å²) in [5, 5.41) is 10.3. The summed E-state index contributed by atoms with van der Waals surface area (Å²) in [4.78, 5) is 21.1. The highest BCUT2D eigenvalue weighted by atomic mass is 32.1. The van der Waals surface area contributed by atoms with Gasteiger partial charge in [0.25, 0.3) is 5.56 Å². The quantitative estimate of drug-likeness (QED) is 0.568. The first kappa shape index (κ1) is 18.6. The summed E-state index contributed by atoms with van der Waals surface area (Å²) in [5.41, 5.74) is -0.248. The summed E-state index contributed by atoms with van der Waals surface area (Å²) in [5.74, 6) is -0.116. The maximum absolute atomic E-state index is 12.0. The fourth-order valence-electron chi connectivity index (χ4n) is 2.15. The van der Waals surface area contributed by atoms with Crippen molar-refractivity contribution in [3.63, 3.8) is 0 Å². The van der Waals surface area contributed by atoms with E-state index in [0.717, 1.165) is 26.1 Å². The lowest BCUT2D eigenvalue weighted by atomic mass is 10.2. The van der Waals surface area contributed by atoms with Crippen molar-refractivity contribution in [1.82, 2.24) is 14.5 Å². The largest absolute Gasteiger partial charge is 0.494 e. The molecule has 0 bridgehead atoms. The van der Waals surface area contributed by atoms with Crippen LogP contribution in [0.5, 0.6) is 5.88 Å². The highest BCUT2D eigenvalue weighted by Crippen LogP contribution is 2.19. The van der Waals surface area contributed by atoms with E-state index in [2.05, 4.69) is 28.7 Å². The van der Waals surface area contributed by atoms with Gasteiger partial charge in [0.15, 0.2) is 4.77 Å². The van der Waals surface area contributed by atoms with E-state index < -0.39 is 5.56 Å². The van der Waals surface area contributed by atoms with Crippen LogP contribution in [0.3, 0.4) is 0 Å². The number of aromatic hydroxyl groups is 1. The second-order valence-corrected chi connectivity index (χ2v) is 5.57. The Labute approximate surface area is 136 Å². The zero-order valence-corrected chi connectivity index (χ0v) is 14.6. The van der Waals surface area contributed by atoms with Crippen molar-refractivity contribution in [2.75, 3.05) is 26.2 Å². The Kier molecular flexibility index (Phi) is 7.47. The molecule has 1 unspecified atom stereocenters. The van der Waals surface area contributed by atoms with Crippen molar-refractivity contribution in [3.05, 3.63) is 20.7 Å². The Morgan fingerprint density at radius 2 is 2.05 bits per heavy atom. The lowest BCUT2D eigenvalue weighted by Crippen LogP contribution is -2.26. The van der Waals surface area contributed by atoms with Crippen molar-refractivity contribution >= 4 is 18.4 Å². The number of rotatable bonds is 8. The average Bonchev–Trinajstić information content (AvgIpc) is 2.49. The van der Waals surface area contributed by atoms with Crippen molar-refractivity contribution < 1.29 is 5.11 Å². The predicted molar refractivity (Wildman–Crippen MR) is 92.8 cm³/mol. The summed E-state index contributed by atoms with van der Waals surface area (Å²) < 4.78 is 1.79. The predicted octanol–water partition coefficient (Wildman–Crippen LogP) is 2.34. The van der Waals surface area contributed by atoms with E-state index in [1.807, 2.05) is 13.8 Å². The van der Waals surface area contributed by atoms with Gasteiger partial charge in [0.2, 0.25) is 5.88 Å². The lowest BCUT2D eigenvalue weighted by molar-refractivity contribution is 0.313. The number of aliphatic imine (C=N–C) groups is 1. The van der Waals surface area contributed by atoms with Gasteiger partial charge in [-0.2, -0.15) is 0 Å². The molecule has 0 spiro atoms. The van der Waals surface area contributed by atoms with Crippen LogP contribution in [0.1, 0.15) is 45.7 Å². The normalized spacial score (nSPS) is 13.1. The third-order valence-corrected chi connectivity index (χ3v) is 4.14. The molecule has 1 atom stereocenters. The van der Waals surface area contributed by atoms with E-state index in [1.165, 1.54) is 6.21 Å². The zero-order valence-electron chi connectivity index (χ0n) is 13.8. The Balaban J connectivity index is 3.00. The molecular weight excluding hydrogens is 300 g/mol. The van der Waals surface area contributed by atoms with Crippen LogP contribution in [-0.2, 0) is 0 Å². The summed E-state index contributed by atoms with van der Waals surface area (Å²) in [6.07, 6.45) is 2.23.